The van der Waals surface area contributed by atoms with Crippen molar-refractivity contribution in [2.45, 2.75) is 33.8 Å². The first-order valence-electron chi connectivity index (χ1n) is 7.10. The minimum absolute atomic E-state index is 0.0692. The molecule has 0 bridgehead atoms. The molecule has 3 rings (SSSR count). The second-order valence-corrected chi connectivity index (χ2v) is 7.08. The molecule has 1 aliphatic carbocycles. The lowest BCUT2D eigenvalue weighted by molar-refractivity contribution is 0.131. The van der Waals surface area contributed by atoms with Crippen molar-refractivity contribution in [1.29, 1.82) is 0 Å². The normalized spacial score (nSPS) is 21.4. The van der Waals surface area contributed by atoms with E-state index < -0.39 is 17.2 Å². The lowest BCUT2D eigenvalue weighted by Gasteiger charge is -2.14. The fourth-order valence-electron chi connectivity index (χ4n) is 3.55. The Balaban J connectivity index is 2.04. The van der Waals surface area contributed by atoms with Crippen molar-refractivity contribution in [3.05, 3.63) is 44.5 Å². The number of hydrogen-bond donors (Lipinski definition) is 3. The third kappa shape index (κ3) is 1.87. The number of aromatic nitrogens is 2. The number of H-pyrrole nitrogens is 2. The first-order valence-corrected chi connectivity index (χ1v) is 7.10. The molecule has 0 aliphatic heterocycles. The number of rotatable bonds is 2. The van der Waals surface area contributed by atoms with E-state index in [1.54, 1.807) is 18.2 Å². The quantitative estimate of drug-likeness (QED) is 0.738. The Morgan fingerprint density at radius 1 is 1.00 bits per heavy atom. The average Bonchev–Trinajstić information content (AvgIpc) is 2.80. The van der Waals surface area contributed by atoms with E-state index >= 15 is 0 Å². The Morgan fingerprint density at radius 3 is 2.05 bits per heavy atom. The summed E-state index contributed by atoms with van der Waals surface area (Å²) >= 11 is 0. The highest BCUT2D eigenvalue weighted by Crippen LogP contribution is 2.72. The molecule has 1 aliphatic rings. The Bertz CT molecular complexity index is 815. The van der Waals surface area contributed by atoms with Gasteiger partial charge in [0.2, 0.25) is 0 Å². The summed E-state index contributed by atoms with van der Waals surface area (Å²) in [6.45, 7) is 8.62. The molecule has 3 N–H and O–H groups in total. The number of fused-ring (bicyclic) bond motifs is 1. The van der Waals surface area contributed by atoms with E-state index in [0.717, 1.165) is 5.56 Å². The fraction of sp³-hybridized carbons (Fsp3) is 0.500. The predicted molar refractivity (Wildman–Crippen MR) is 81.2 cm³/mol. The van der Waals surface area contributed by atoms with Gasteiger partial charge in [-0.15, -0.1) is 0 Å². The molecule has 0 spiro atoms. The van der Waals surface area contributed by atoms with Crippen LogP contribution < -0.4 is 11.1 Å². The summed E-state index contributed by atoms with van der Waals surface area (Å²) in [6.07, 6.45) is -0.588. The zero-order chi connectivity index (χ0) is 15.6. The van der Waals surface area contributed by atoms with Crippen molar-refractivity contribution in [3.63, 3.8) is 0 Å². The number of aromatic amines is 2. The zero-order valence-electron chi connectivity index (χ0n) is 12.7. The van der Waals surface area contributed by atoms with Gasteiger partial charge in [0.25, 0.3) is 0 Å². The maximum absolute atomic E-state index is 11.4. The van der Waals surface area contributed by atoms with Crippen LogP contribution in [0.3, 0.4) is 0 Å². The SMILES string of the molecule is CC1(C)C(C(O)c2ccc3[nH]c(=O)c(=O)[nH]c3c2)C1(C)C. The van der Waals surface area contributed by atoms with E-state index in [4.69, 9.17) is 0 Å². The molecule has 2 aromatic rings. The van der Waals surface area contributed by atoms with Gasteiger partial charge in [-0.05, 0) is 28.5 Å². The van der Waals surface area contributed by atoms with Gasteiger partial charge in [0.15, 0.2) is 0 Å². The van der Waals surface area contributed by atoms with Gasteiger partial charge in [0.05, 0.1) is 17.1 Å². The summed E-state index contributed by atoms with van der Waals surface area (Å²) in [5, 5.41) is 10.7. The summed E-state index contributed by atoms with van der Waals surface area (Å²) in [7, 11) is 0. The highest BCUT2D eigenvalue weighted by Gasteiger charge is 2.67. The van der Waals surface area contributed by atoms with Crippen LogP contribution in [-0.4, -0.2) is 15.1 Å². The molecule has 1 heterocycles. The largest absolute Gasteiger partial charge is 0.388 e. The van der Waals surface area contributed by atoms with Crippen molar-refractivity contribution in [3.8, 4) is 0 Å². The molecule has 1 aromatic carbocycles. The molecule has 5 heteroatoms. The van der Waals surface area contributed by atoms with Crippen molar-refractivity contribution in [2.75, 3.05) is 0 Å². The average molecular weight is 288 g/mol. The summed E-state index contributed by atoms with van der Waals surface area (Å²) in [5.41, 5.74) is 0.646. The van der Waals surface area contributed by atoms with Crippen molar-refractivity contribution >= 4 is 11.0 Å². The first kappa shape index (κ1) is 14.1. The molecule has 1 unspecified atom stereocenters. The lowest BCUT2D eigenvalue weighted by atomic mass is 9.99. The standard InChI is InChI=1S/C16H20N2O3/c1-15(2)12(16(15,3)4)11(19)8-5-6-9-10(7-8)18-14(21)13(20)17-9/h5-7,11-12,19H,1-4H3,(H,17,20)(H,18,21). The predicted octanol–water partition coefficient (Wildman–Crippen LogP) is 1.93. The Morgan fingerprint density at radius 2 is 1.52 bits per heavy atom. The molecule has 0 radical (unpaired) electrons. The van der Waals surface area contributed by atoms with Crippen molar-refractivity contribution in [2.24, 2.45) is 16.7 Å². The molecular formula is C16H20N2O3. The van der Waals surface area contributed by atoms with Crippen LogP contribution in [0.15, 0.2) is 27.8 Å². The van der Waals surface area contributed by atoms with E-state index in [-0.39, 0.29) is 16.7 Å². The molecule has 1 aromatic heterocycles. The smallest absolute Gasteiger partial charge is 0.314 e. The van der Waals surface area contributed by atoms with Crippen LogP contribution in [-0.2, 0) is 0 Å². The first-order chi connectivity index (χ1) is 9.66. The van der Waals surface area contributed by atoms with E-state index in [0.29, 0.717) is 11.0 Å². The molecule has 0 amide bonds. The summed E-state index contributed by atoms with van der Waals surface area (Å²) in [6, 6.07) is 5.25. The highest BCUT2D eigenvalue weighted by molar-refractivity contribution is 5.74. The zero-order valence-corrected chi connectivity index (χ0v) is 12.7. The van der Waals surface area contributed by atoms with Crippen LogP contribution in [0.4, 0.5) is 0 Å². The van der Waals surface area contributed by atoms with Crippen LogP contribution in [0, 0.1) is 16.7 Å². The number of aliphatic hydroxyl groups excluding tert-OH is 1. The van der Waals surface area contributed by atoms with Gasteiger partial charge in [-0.3, -0.25) is 9.59 Å². The van der Waals surface area contributed by atoms with Gasteiger partial charge in [-0.25, -0.2) is 0 Å². The van der Waals surface area contributed by atoms with Gasteiger partial charge < -0.3 is 15.1 Å². The third-order valence-corrected chi connectivity index (χ3v) is 5.54. The van der Waals surface area contributed by atoms with Gasteiger partial charge >= 0.3 is 11.1 Å². The summed E-state index contributed by atoms with van der Waals surface area (Å²) < 4.78 is 0. The number of aliphatic hydroxyl groups is 1. The molecule has 21 heavy (non-hydrogen) atoms. The Labute approximate surface area is 122 Å². The third-order valence-electron chi connectivity index (χ3n) is 5.54. The van der Waals surface area contributed by atoms with Crippen LogP contribution in [0.2, 0.25) is 0 Å². The molecule has 1 saturated carbocycles. The second-order valence-electron chi connectivity index (χ2n) is 7.08. The van der Waals surface area contributed by atoms with E-state index in [1.807, 2.05) is 0 Å². The molecule has 0 saturated heterocycles. The maximum Gasteiger partial charge on any atom is 0.314 e. The van der Waals surface area contributed by atoms with Crippen molar-refractivity contribution < 1.29 is 5.11 Å². The monoisotopic (exact) mass is 288 g/mol. The minimum Gasteiger partial charge on any atom is -0.388 e. The van der Waals surface area contributed by atoms with Crippen LogP contribution >= 0.6 is 0 Å². The summed E-state index contributed by atoms with van der Waals surface area (Å²) in [4.78, 5) is 27.8. The molecule has 5 nitrogen and oxygen atoms in total. The Kier molecular flexibility index (Phi) is 2.73. The number of hydrogen-bond acceptors (Lipinski definition) is 3. The highest BCUT2D eigenvalue weighted by atomic mass is 16.3. The van der Waals surface area contributed by atoms with Gasteiger partial charge in [-0.2, -0.15) is 0 Å². The van der Waals surface area contributed by atoms with Gasteiger partial charge in [0, 0.05) is 5.92 Å². The molecular weight excluding hydrogens is 268 g/mol. The van der Waals surface area contributed by atoms with Crippen LogP contribution in [0.1, 0.15) is 39.4 Å². The van der Waals surface area contributed by atoms with Gasteiger partial charge in [-0.1, -0.05) is 33.8 Å². The van der Waals surface area contributed by atoms with Crippen LogP contribution in [0.25, 0.3) is 11.0 Å². The lowest BCUT2D eigenvalue weighted by Crippen LogP contribution is -2.28. The summed E-state index contributed by atoms with van der Waals surface area (Å²) in [5.74, 6) is 0.164. The molecule has 1 atom stereocenters. The maximum atomic E-state index is 11.4. The number of nitrogens with one attached hydrogen (secondary N) is 2. The minimum atomic E-state index is -0.679. The Hall–Kier alpha value is -1.88. The van der Waals surface area contributed by atoms with E-state index in [2.05, 4.69) is 37.7 Å². The topological polar surface area (TPSA) is 85.9 Å². The second kappa shape index (κ2) is 4.07. The molecule has 1 fully saturated rings. The van der Waals surface area contributed by atoms with E-state index in [9.17, 15) is 14.7 Å². The fourth-order valence-corrected chi connectivity index (χ4v) is 3.55. The molecule has 112 valence electrons. The van der Waals surface area contributed by atoms with Crippen LogP contribution in [0.5, 0.6) is 0 Å². The van der Waals surface area contributed by atoms with Crippen molar-refractivity contribution in [1.82, 2.24) is 9.97 Å². The number of benzene rings is 1. The van der Waals surface area contributed by atoms with E-state index in [1.165, 1.54) is 0 Å². The van der Waals surface area contributed by atoms with Gasteiger partial charge in [0.1, 0.15) is 0 Å².